The van der Waals surface area contributed by atoms with Crippen LogP contribution in [0.2, 0.25) is 5.02 Å². The van der Waals surface area contributed by atoms with Gasteiger partial charge in [-0.2, -0.15) is 0 Å². The minimum atomic E-state index is 0.0950. The highest BCUT2D eigenvalue weighted by molar-refractivity contribution is 6.33. The van der Waals surface area contributed by atoms with Gasteiger partial charge in [-0.15, -0.1) is 0 Å². The van der Waals surface area contributed by atoms with Gasteiger partial charge in [0, 0.05) is 18.2 Å². The van der Waals surface area contributed by atoms with Crippen LogP contribution in [0.5, 0.6) is 0 Å². The molecule has 0 bridgehead atoms. The molecule has 1 aromatic carbocycles. The van der Waals surface area contributed by atoms with Crippen LogP contribution >= 0.6 is 11.6 Å². The van der Waals surface area contributed by atoms with E-state index < -0.39 is 0 Å². The summed E-state index contributed by atoms with van der Waals surface area (Å²) in [6.07, 6.45) is 7.88. The fraction of sp³-hybridized carbons (Fsp3) is 0.562. The number of piperidine rings is 1. The molecule has 1 saturated heterocycles. The minimum absolute atomic E-state index is 0.0950. The van der Waals surface area contributed by atoms with E-state index in [1.54, 1.807) is 6.07 Å². The number of anilines is 1. The van der Waals surface area contributed by atoms with E-state index in [4.69, 9.17) is 22.5 Å². The van der Waals surface area contributed by atoms with Crippen LogP contribution in [0.15, 0.2) is 23.4 Å². The molecule has 21 heavy (non-hydrogen) atoms. The first-order valence-electron chi connectivity index (χ1n) is 7.75. The first kappa shape index (κ1) is 14.5. The second-order valence-electron chi connectivity index (χ2n) is 6.10. The van der Waals surface area contributed by atoms with Gasteiger partial charge in [0.1, 0.15) is 0 Å². The number of oxime groups is 1. The van der Waals surface area contributed by atoms with Crippen molar-refractivity contribution in [2.45, 2.75) is 44.6 Å². The molecular weight excluding hydrogens is 286 g/mol. The molecule has 1 heterocycles. The Labute approximate surface area is 130 Å². The van der Waals surface area contributed by atoms with Gasteiger partial charge in [0.05, 0.1) is 10.7 Å². The first-order chi connectivity index (χ1) is 10.2. The van der Waals surface area contributed by atoms with Crippen molar-refractivity contribution in [2.24, 2.45) is 16.8 Å². The molecule has 3 rings (SSSR count). The number of nitrogens with two attached hydrogens (primary N) is 1. The third-order valence-electron chi connectivity index (χ3n) is 4.90. The summed E-state index contributed by atoms with van der Waals surface area (Å²) >= 11 is 6.46. The smallest absolute Gasteiger partial charge is 0.170 e. The van der Waals surface area contributed by atoms with Gasteiger partial charge >= 0.3 is 0 Å². The standard InChI is InChI=1S/C16H22ClN3O/c17-13-10-12(16(18)19-21)7-8-15(13)20-9-3-5-11-4-1-2-6-14(11)20/h7-8,10-11,14,21H,1-6,9H2,(H2,18,19). The number of rotatable bonds is 2. The zero-order valence-corrected chi connectivity index (χ0v) is 12.9. The predicted molar refractivity (Wildman–Crippen MR) is 86.3 cm³/mol. The molecule has 2 aliphatic rings. The van der Waals surface area contributed by atoms with Crippen molar-refractivity contribution in [3.8, 4) is 0 Å². The Hall–Kier alpha value is -1.42. The zero-order chi connectivity index (χ0) is 14.8. The molecular formula is C16H22ClN3O. The molecule has 1 aliphatic carbocycles. The molecule has 0 spiro atoms. The average molecular weight is 308 g/mol. The molecule has 4 nitrogen and oxygen atoms in total. The largest absolute Gasteiger partial charge is 0.409 e. The lowest BCUT2D eigenvalue weighted by Gasteiger charge is -2.45. The van der Waals surface area contributed by atoms with E-state index in [1.807, 2.05) is 12.1 Å². The van der Waals surface area contributed by atoms with Crippen LogP contribution < -0.4 is 10.6 Å². The lowest BCUT2D eigenvalue weighted by molar-refractivity contribution is 0.244. The van der Waals surface area contributed by atoms with E-state index in [0.29, 0.717) is 16.6 Å². The van der Waals surface area contributed by atoms with E-state index >= 15 is 0 Å². The summed E-state index contributed by atoms with van der Waals surface area (Å²) in [5.41, 5.74) is 7.37. The summed E-state index contributed by atoms with van der Waals surface area (Å²) in [6.45, 7) is 1.07. The summed E-state index contributed by atoms with van der Waals surface area (Å²) in [5, 5.41) is 12.5. The number of nitrogens with zero attached hydrogens (tertiary/aromatic N) is 2. The van der Waals surface area contributed by atoms with E-state index in [9.17, 15) is 0 Å². The number of fused-ring (bicyclic) bond motifs is 1. The van der Waals surface area contributed by atoms with Crippen molar-refractivity contribution in [3.05, 3.63) is 28.8 Å². The third-order valence-corrected chi connectivity index (χ3v) is 5.21. The monoisotopic (exact) mass is 307 g/mol. The van der Waals surface area contributed by atoms with Gasteiger partial charge in [-0.25, -0.2) is 0 Å². The van der Waals surface area contributed by atoms with Crippen LogP contribution in [-0.2, 0) is 0 Å². The Morgan fingerprint density at radius 2 is 2.00 bits per heavy atom. The van der Waals surface area contributed by atoms with Crippen LogP contribution in [0.3, 0.4) is 0 Å². The van der Waals surface area contributed by atoms with Gasteiger partial charge in [0.2, 0.25) is 0 Å². The van der Waals surface area contributed by atoms with E-state index in [0.717, 1.165) is 18.2 Å². The van der Waals surface area contributed by atoms with Crippen LogP contribution in [0.1, 0.15) is 44.1 Å². The van der Waals surface area contributed by atoms with Gasteiger partial charge in [-0.05, 0) is 49.8 Å². The number of halogens is 1. The quantitative estimate of drug-likeness (QED) is 0.380. The topological polar surface area (TPSA) is 61.9 Å². The Kier molecular flexibility index (Phi) is 4.24. The van der Waals surface area contributed by atoms with Crippen molar-refractivity contribution in [2.75, 3.05) is 11.4 Å². The molecule has 3 N–H and O–H groups in total. The lowest BCUT2D eigenvalue weighted by atomic mass is 9.78. The van der Waals surface area contributed by atoms with Crippen molar-refractivity contribution >= 4 is 23.1 Å². The second kappa shape index (κ2) is 6.14. The van der Waals surface area contributed by atoms with Crippen LogP contribution in [0, 0.1) is 5.92 Å². The van der Waals surface area contributed by atoms with Crippen molar-refractivity contribution in [1.29, 1.82) is 0 Å². The van der Waals surface area contributed by atoms with Crippen molar-refractivity contribution < 1.29 is 5.21 Å². The normalized spacial score (nSPS) is 26.5. The maximum absolute atomic E-state index is 8.76. The lowest BCUT2D eigenvalue weighted by Crippen LogP contribution is -2.47. The number of benzene rings is 1. The average Bonchev–Trinajstić information content (AvgIpc) is 2.53. The van der Waals surface area contributed by atoms with Gasteiger partial charge in [0.15, 0.2) is 5.84 Å². The van der Waals surface area contributed by atoms with Crippen LogP contribution in [-0.4, -0.2) is 23.6 Å². The third kappa shape index (κ3) is 2.82. The summed E-state index contributed by atoms with van der Waals surface area (Å²) in [7, 11) is 0. The molecule has 5 heteroatoms. The molecule has 0 amide bonds. The Balaban J connectivity index is 1.88. The maximum atomic E-state index is 8.76. The van der Waals surface area contributed by atoms with E-state index in [1.165, 1.54) is 38.5 Å². The molecule has 1 aromatic rings. The fourth-order valence-electron chi connectivity index (χ4n) is 3.88. The Morgan fingerprint density at radius 1 is 1.24 bits per heavy atom. The summed E-state index contributed by atoms with van der Waals surface area (Å²) in [4.78, 5) is 2.48. The van der Waals surface area contributed by atoms with Crippen LogP contribution in [0.25, 0.3) is 0 Å². The highest BCUT2D eigenvalue weighted by Crippen LogP contribution is 2.40. The van der Waals surface area contributed by atoms with Crippen molar-refractivity contribution in [1.82, 2.24) is 0 Å². The van der Waals surface area contributed by atoms with Gasteiger partial charge in [-0.1, -0.05) is 29.6 Å². The first-order valence-corrected chi connectivity index (χ1v) is 8.12. The molecule has 2 fully saturated rings. The van der Waals surface area contributed by atoms with Gasteiger partial charge in [-0.3, -0.25) is 0 Å². The number of amidine groups is 1. The summed E-state index contributed by atoms with van der Waals surface area (Å²) in [5.74, 6) is 0.907. The zero-order valence-electron chi connectivity index (χ0n) is 12.1. The summed E-state index contributed by atoms with van der Waals surface area (Å²) < 4.78 is 0. The van der Waals surface area contributed by atoms with E-state index in [-0.39, 0.29) is 5.84 Å². The highest BCUT2D eigenvalue weighted by Gasteiger charge is 2.33. The van der Waals surface area contributed by atoms with Crippen molar-refractivity contribution in [3.63, 3.8) is 0 Å². The number of hydrogen-bond donors (Lipinski definition) is 2. The molecule has 114 valence electrons. The highest BCUT2D eigenvalue weighted by atomic mass is 35.5. The number of hydrogen-bond acceptors (Lipinski definition) is 3. The summed E-state index contributed by atoms with van der Waals surface area (Å²) in [6, 6.07) is 6.30. The molecule has 2 atom stereocenters. The molecule has 0 aromatic heterocycles. The Morgan fingerprint density at radius 3 is 2.76 bits per heavy atom. The van der Waals surface area contributed by atoms with Gasteiger partial charge < -0.3 is 15.8 Å². The van der Waals surface area contributed by atoms with Gasteiger partial charge in [0.25, 0.3) is 0 Å². The molecule has 2 unspecified atom stereocenters. The molecule has 1 saturated carbocycles. The minimum Gasteiger partial charge on any atom is -0.409 e. The fourth-order valence-corrected chi connectivity index (χ4v) is 4.17. The SMILES string of the molecule is NC(=NO)c1ccc(N2CCCC3CCCCC32)c(Cl)c1. The maximum Gasteiger partial charge on any atom is 0.170 e. The van der Waals surface area contributed by atoms with Crippen LogP contribution in [0.4, 0.5) is 5.69 Å². The Bertz CT molecular complexity index is 544. The second-order valence-corrected chi connectivity index (χ2v) is 6.51. The van der Waals surface area contributed by atoms with E-state index in [2.05, 4.69) is 10.1 Å². The predicted octanol–water partition coefficient (Wildman–Crippen LogP) is 3.59. The molecule has 1 aliphatic heterocycles. The molecule has 0 radical (unpaired) electrons.